The van der Waals surface area contributed by atoms with Crippen molar-refractivity contribution in [2.75, 3.05) is 13.2 Å². The summed E-state index contributed by atoms with van der Waals surface area (Å²) in [6.45, 7) is 5.75. The molecule has 2 heterocycles. The number of aromatic nitrogens is 2. The van der Waals surface area contributed by atoms with Gasteiger partial charge in [0.15, 0.2) is 5.79 Å². The lowest BCUT2D eigenvalue weighted by molar-refractivity contribution is -0.181. The maximum Gasteiger partial charge on any atom is 0.168 e. The van der Waals surface area contributed by atoms with Crippen LogP contribution in [0.3, 0.4) is 0 Å². The normalized spacial score (nSPS) is 23.9. The van der Waals surface area contributed by atoms with Gasteiger partial charge in [0.25, 0.3) is 0 Å². The highest BCUT2D eigenvalue weighted by Gasteiger charge is 2.41. The second-order valence-electron chi connectivity index (χ2n) is 5.27. The molecule has 100 valence electrons. The highest BCUT2D eigenvalue weighted by Crippen LogP contribution is 2.40. The predicted octanol–water partition coefficient (Wildman–Crippen LogP) is 2.96. The Hall–Kier alpha value is -0.140. The van der Waals surface area contributed by atoms with Crippen LogP contribution < -0.4 is 0 Å². The van der Waals surface area contributed by atoms with Crippen molar-refractivity contribution in [3.05, 3.63) is 15.0 Å². The minimum atomic E-state index is -0.264. The molecule has 0 amide bonds. The first-order chi connectivity index (χ1) is 8.61. The first-order valence-electron chi connectivity index (χ1n) is 6.60. The van der Waals surface area contributed by atoms with Crippen LogP contribution >= 0.6 is 22.6 Å². The molecule has 0 bridgehead atoms. The Morgan fingerprint density at radius 3 is 2.33 bits per heavy atom. The lowest BCUT2D eigenvalue weighted by atomic mass is 9.90. The Kier molecular flexibility index (Phi) is 3.40. The lowest BCUT2D eigenvalue weighted by Crippen LogP contribution is -2.36. The largest absolute Gasteiger partial charge is 0.348 e. The monoisotopic (exact) mass is 362 g/mol. The topological polar surface area (TPSA) is 36.3 Å². The highest BCUT2D eigenvalue weighted by molar-refractivity contribution is 14.1. The second kappa shape index (κ2) is 4.76. The lowest BCUT2D eigenvalue weighted by Gasteiger charge is -2.35. The molecule has 18 heavy (non-hydrogen) atoms. The van der Waals surface area contributed by atoms with Crippen molar-refractivity contribution in [3.8, 4) is 0 Å². The molecule has 3 rings (SSSR count). The summed E-state index contributed by atoms with van der Waals surface area (Å²) in [6.07, 6.45) is 4.18. The van der Waals surface area contributed by atoms with Gasteiger partial charge in [-0.1, -0.05) is 0 Å². The van der Waals surface area contributed by atoms with Crippen molar-refractivity contribution in [2.24, 2.45) is 0 Å². The summed E-state index contributed by atoms with van der Waals surface area (Å²) >= 11 is 2.38. The number of halogens is 1. The number of aryl methyl sites for hydroxylation is 1. The average molecular weight is 362 g/mol. The van der Waals surface area contributed by atoms with Gasteiger partial charge in [-0.25, -0.2) is 0 Å². The summed E-state index contributed by atoms with van der Waals surface area (Å²) in [7, 11) is 0. The van der Waals surface area contributed by atoms with Gasteiger partial charge in [-0.2, -0.15) is 5.10 Å². The Balaban J connectivity index is 1.74. The van der Waals surface area contributed by atoms with Crippen molar-refractivity contribution in [1.29, 1.82) is 0 Å². The zero-order valence-electron chi connectivity index (χ0n) is 10.9. The van der Waals surface area contributed by atoms with Crippen molar-refractivity contribution in [1.82, 2.24) is 9.78 Å². The van der Waals surface area contributed by atoms with E-state index in [4.69, 9.17) is 9.47 Å². The molecular weight excluding hydrogens is 343 g/mol. The number of nitrogens with zero attached hydrogens (tertiary/aromatic N) is 2. The van der Waals surface area contributed by atoms with Gasteiger partial charge in [-0.3, -0.25) is 4.68 Å². The molecule has 1 aromatic heterocycles. The summed E-state index contributed by atoms with van der Waals surface area (Å²) in [5, 5.41) is 4.68. The summed E-state index contributed by atoms with van der Waals surface area (Å²) in [6, 6.07) is 0.505. The summed E-state index contributed by atoms with van der Waals surface area (Å²) < 4.78 is 15.0. The van der Waals surface area contributed by atoms with Gasteiger partial charge in [0, 0.05) is 18.5 Å². The van der Waals surface area contributed by atoms with Crippen molar-refractivity contribution in [3.63, 3.8) is 0 Å². The van der Waals surface area contributed by atoms with E-state index in [0.717, 1.165) is 44.6 Å². The van der Waals surface area contributed by atoms with Gasteiger partial charge in [-0.05, 0) is 49.3 Å². The molecule has 1 saturated carbocycles. The fraction of sp³-hybridized carbons (Fsp3) is 0.769. The molecule has 0 unspecified atom stereocenters. The molecule has 0 N–H and O–H groups in total. The van der Waals surface area contributed by atoms with E-state index in [1.807, 2.05) is 0 Å². The van der Waals surface area contributed by atoms with Crippen LogP contribution in [0.15, 0.2) is 0 Å². The van der Waals surface area contributed by atoms with E-state index in [2.05, 4.69) is 46.2 Å². The molecule has 1 aromatic rings. The van der Waals surface area contributed by atoms with Crippen molar-refractivity contribution < 1.29 is 9.47 Å². The Morgan fingerprint density at radius 1 is 1.22 bits per heavy atom. The molecule has 1 spiro atoms. The van der Waals surface area contributed by atoms with Crippen LogP contribution in [0, 0.1) is 17.4 Å². The van der Waals surface area contributed by atoms with Crippen LogP contribution in [0.4, 0.5) is 0 Å². The standard InChI is InChI=1S/C13H19IN2O2/c1-9-12(14)10(2)16(15-9)11-3-5-13(6-4-11)17-7-8-18-13/h11H,3-8H2,1-2H3. The number of hydrogen-bond donors (Lipinski definition) is 0. The summed E-state index contributed by atoms with van der Waals surface area (Å²) in [5.41, 5.74) is 2.43. The minimum absolute atomic E-state index is 0.264. The first kappa shape index (κ1) is 12.9. The SMILES string of the molecule is Cc1nn(C2CCC3(CC2)OCCO3)c(C)c1I. The molecule has 4 nitrogen and oxygen atoms in total. The van der Waals surface area contributed by atoms with Gasteiger partial charge < -0.3 is 9.47 Å². The van der Waals surface area contributed by atoms with Gasteiger partial charge in [0.2, 0.25) is 0 Å². The van der Waals surface area contributed by atoms with Crippen LogP contribution in [-0.2, 0) is 9.47 Å². The smallest absolute Gasteiger partial charge is 0.168 e. The highest BCUT2D eigenvalue weighted by atomic mass is 127. The quantitative estimate of drug-likeness (QED) is 0.721. The third-order valence-corrected chi connectivity index (χ3v) is 5.67. The molecule has 0 aromatic carbocycles. The zero-order chi connectivity index (χ0) is 12.8. The maximum absolute atomic E-state index is 5.77. The first-order valence-corrected chi connectivity index (χ1v) is 7.68. The van der Waals surface area contributed by atoms with Crippen LogP contribution in [0.25, 0.3) is 0 Å². The van der Waals surface area contributed by atoms with E-state index in [9.17, 15) is 0 Å². The molecule has 2 aliphatic rings. The minimum Gasteiger partial charge on any atom is -0.348 e. The van der Waals surface area contributed by atoms with Gasteiger partial charge in [-0.15, -0.1) is 0 Å². The summed E-state index contributed by atoms with van der Waals surface area (Å²) in [4.78, 5) is 0. The van der Waals surface area contributed by atoms with Crippen LogP contribution in [0.2, 0.25) is 0 Å². The molecule has 1 saturated heterocycles. The zero-order valence-corrected chi connectivity index (χ0v) is 13.1. The van der Waals surface area contributed by atoms with E-state index in [1.54, 1.807) is 0 Å². The van der Waals surface area contributed by atoms with E-state index < -0.39 is 0 Å². The molecule has 2 fully saturated rings. The fourth-order valence-electron chi connectivity index (χ4n) is 3.07. The van der Waals surface area contributed by atoms with Crippen molar-refractivity contribution >= 4 is 22.6 Å². The number of ether oxygens (including phenoxy) is 2. The van der Waals surface area contributed by atoms with Crippen LogP contribution in [-0.4, -0.2) is 28.8 Å². The molecular formula is C13H19IN2O2. The van der Waals surface area contributed by atoms with Gasteiger partial charge in [0.1, 0.15) is 0 Å². The molecule has 1 aliphatic heterocycles. The van der Waals surface area contributed by atoms with E-state index >= 15 is 0 Å². The molecule has 0 atom stereocenters. The van der Waals surface area contributed by atoms with E-state index in [-0.39, 0.29) is 5.79 Å². The Bertz CT molecular complexity index is 442. The second-order valence-corrected chi connectivity index (χ2v) is 6.35. The number of rotatable bonds is 1. The van der Waals surface area contributed by atoms with Crippen LogP contribution in [0.1, 0.15) is 43.1 Å². The maximum atomic E-state index is 5.77. The Labute approximate surface area is 121 Å². The van der Waals surface area contributed by atoms with E-state index in [1.165, 1.54) is 9.26 Å². The predicted molar refractivity (Wildman–Crippen MR) is 76.6 cm³/mol. The molecule has 0 radical (unpaired) electrons. The molecule has 5 heteroatoms. The fourth-order valence-corrected chi connectivity index (χ4v) is 3.43. The van der Waals surface area contributed by atoms with E-state index in [0.29, 0.717) is 6.04 Å². The number of hydrogen-bond acceptors (Lipinski definition) is 3. The average Bonchev–Trinajstić information content (AvgIpc) is 2.92. The third kappa shape index (κ3) is 2.10. The Morgan fingerprint density at radius 2 is 1.83 bits per heavy atom. The summed E-state index contributed by atoms with van der Waals surface area (Å²) in [5.74, 6) is -0.264. The van der Waals surface area contributed by atoms with Crippen molar-refractivity contribution in [2.45, 2.75) is 51.4 Å². The van der Waals surface area contributed by atoms with Gasteiger partial charge in [0.05, 0.1) is 28.5 Å². The van der Waals surface area contributed by atoms with Gasteiger partial charge >= 0.3 is 0 Å². The molecule has 1 aliphatic carbocycles. The van der Waals surface area contributed by atoms with Crippen LogP contribution in [0.5, 0.6) is 0 Å². The third-order valence-electron chi connectivity index (χ3n) is 4.11.